The van der Waals surface area contributed by atoms with Crippen molar-refractivity contribution in [3.63, 3.8) is 0 Å². The van der Waals surface area contributed by atoms with Gasteiger partial charge < -0.3 is 37.0 Å². The summed E-state index contributed by atoms with van der Waals surface area (Å²) in [7, 11) is 0. The van der Waals surface area contributed by atoms with Crippen molar-refractivity contribution in [2.24, 2.45) is 0 Å². The molecular weight excluding hydrogens is 811 g/mol. The van der Waals surface area contributed by atoms with Crippen LogP contribution in [-0.2, 0) is 19.6 Å². The quantitative estimate of drug-likeness (QED) is 0.0367. The molecule has 0 aromatic heterocycles. The second-order valence-corrected chi connectivity index (χ2v) is 14.3. The number of hydrogen-bond donors (Lipinski definition) is 2. The van der Waals surface area contributed by atoms with E-state index in [9.17, 15) is 4.79 Å². The first-order chi connectivity index (χ1) is 28.4. The Labute approximate surface area is 394 Å². The zero-order valence-corrected chi connectivity index (χ0v) is 39.1. The van der Waals surface area contributed by atoms with Crippen molar-refractivity contribution < 1.29 is 50.8 Å². The smallest absolute Gasteiger partial charge is 1.00 e. The summed E-state index contributed by atoms with van der Waals surface area (Å²) in [4.78, 5) is 15.5. The number of carbonyl (C=O) groups is 1. The summed E-state index contributed by atoms with van der Waals surface area (Å²) in [5, 5.41) is 17.8. The van der Waals surface area contributed by atoms with Crippen LogP contribution >= 0.6 is 0 Å². The molecule has 7 heteroatoms. The van der Waals surface area contributed by atoms with E-state index in [1.165, 1.54) is 73.9 Å². The Kier molecular flexibility index (Phi) is 37.8. The number of unbranched alkanes of at least 4 members (excludes halogenated alkanes) is 4. The number of carbonyl (C=O) groups excluding carboxylic acids is 1. The maximum absolute atomic E-state index is 10.6. The first-order valence-corrected chi connectivity index (χ1v) is 21.6. The maximum atomic E-state index is 10.6. The third kappa shape index (κ3) is 26.2. The summed E-state index contributed by atoms with van der Waals surface area (Å²) in [5.41, 5.74) is 8.91. The predicted molar refractivity (Wildman–Crippen MR) is 257 cm³/mol. The van der Waals surface area contributed by atoms with Gasteiger partial charge in [-0.15, -0.1) is 0 Å². The fraction of sp³-hybridized carbons (Fsp3) is 0.389. The number of hydrogen-bond acceptors (Lipinski definition) is 5. The van der Waals surface area contributed by atoms with E-state index in [0.29, 0.717) is 0 Å². The van der Waals surface area contributed by atoms with E-state index < -0.39 is 0 Å². The van der Waals surface area contributed by atoms with Crippen LogP contribution in [0.5, 0.6) is 0 Å². The van der Waals surface area contributed by atoms with Crippen molar-refractivity contribution in [2.75, 3.05) is 36.0 Å². The topological polar surface area (TPSA) is 64.0 Å². The monoisotopic (exact) mass is 886 g/mol. The van der Waals surface area contributed by atoms with Crippen LogP contribution in [0, 0.1) is 6.07 Å². The number of aliphatic hydroxyl groups excluding tert-OH is 2. The van der Waals surface area contributed by atoms with Crippen LogP contribution in [0.15, 0.2) is 127 Å². The number of aliphatic hydroxyl groups is 2. The molecule has 0 atom stereocenters. The average molecular weight is 887 g/mol. The molecule has 5 rings (SSSR count). The summed E-state index contributed by atoms with van der Waals surface area (Å²) in [5.74, 6) is 0. The zero-order valence-electron chi connectivity index (χ0n) is 37.5. The Morgan fingerprint density at radius 2 is 0.820 bits per heavy atom. The Morgan fingerprint density at radius 1 is 0.492 bits per heavy atom. The molecule has 0 aliphatic heterocycles. The molecule has 0 bridgehead atoms. The molecule has 0 fully saturated rings. The Balaban J connectivity index is 0. The minimum Gasteiger partial charge on any atom is -1.00 e. The fourth-order valence-corrected chi connectivity index (χ4v) is 5.84. The minimum atomic E-state index is 0. The molecule has 0 amide bonds. The summed E-state index contributed by atoms with van der Waals surface area (Å²) < 4.78 is 0. The van der Waals surface area contributed by atoms with Crippen LogP contribution in [0.4, 0.5) is 11.4 Å². The molecule has 0 aliphatic carbocycles. The summed E-state index contributed by atoms with van der Waals surface area (Å²) in [6.07, 6.45) is 16.0. The number of aryl methyl sites for hydroxylation is 1. The summed E-state index contributed by atoms with van der Waals surface area (Å²) in [6.45, 7) is 15.8. The van der Waals surface area contributed by atoms with Crippen LogP contribution in [0.25, 0.3) is 12.2 Å². The molecule has 0 unspecified atom stereocenters. The van der Waals surface area contributed by atoms with E-state index in [0.717, 1.165) is 61.1 Å². The van der Waals surface area contributed by atoms with Gasteiger partial charge in [0, 0.05) is 43.1 Å². The molecule has 2 N–H and O–H groups in total. The summed E-state index contributed by atoms with van der Waals surface area (Å²) in [6, 6.07) is 45.3. The van der Waals surface area contributed by atoms with E-state index in [4.69, 9.17) is 10.2 Å². The second kappa shape index (κ2) is 39.0. The number of anilines is 2. The van der Waals surface area contributed by atoms with E-state index in [1.54, 1.807) is 0 Å². The third-order valence-corrected chi connectivity index (χ3v) is 9.63. The maximum Gasteiger partial charge on any atom is 1.00 e. The molecule has 0 saturated carbocycles. The molecule has 0 spiro atoms. The Hall–Kier alpha value is -3.89. The number of halogens is 1. The van der Waals surface area contributed by atoms with E-state index >= 15 is 0 Å². The fourth-order valence-electron chi connectivity index (χ4n) is 5.84. The molecule has 5 aromatic rings. The van der Waals surface area contributed by atoms with Gasteiger partial charge in [0.25, 0.3) is 0 Å². The van der Waals surface area contributed by atoms with Crippen LogP contribution in [0.2, 0.25) is 0 Å². The van der Waals surface area contributed by atoms with Crippen molar-refractivity contribution in [1.82, 2.24) is 0 Å². The van der Waals surface area contributed by atoms with Gasteiger partial charge in [-0.3, -0.25) is 4.79 Å². The van der Waals surface area contributed by atoms with Crippen molar-refractivity contribution in [3.05, 3.63) is 167 Å². The van der Waals surface area contributed by atoms with E-state index in [1.807, 2.05) is 91.0 Å². The number of nitrogens with zero attached hydrogens (tertiary/aromatic N) is 2. The Bertz CT molecular complexity index is 1670. The van der Waals surface area contributed by atoms with Gasteiger partial charge in [0.1, 0.15) is 6.29 Å². The van der Waals surface area contributed by atoms with Crippen LogP contribution in [-0.4, -0.2) is 42.7 Å². The molecule has 5 aromatic carbocycles. The van der Waals surface area contributed by atoms with Gasteiger partial charge in [-0.25, -0.2) is 0 Å². The first-order valence-electron chi connectivity index (χ1n) is 21.6. The number of benzene rings is 5. The van der Waals surface area contributed by atoms with Crippen molar-refractivity contribution in [1.29, 1.82) is 0 Å². The van der Waals surface area contributed by atoms with Crippen molar-refractivity contribution >= 4 is 29.8 Å². The number of aldehydes is 1. The average Bonchev–Trinajstić information content (AvgIpc) is 3.30. The molecule has 61 heavy (non-hydrogen) atoms. The van der Waals surface area contributed by atoms with Gasteiger partial charge in [-0.2, -0.15) is 36.4 Å². The first kappa shape index (κ1) is 59.2. The van der Waals surface area contributed by atoms with E-state index in [-0.39, 0.29) is 56.5 Å². The van der Waals surface area contributed by atoms with E-state index in [2.05, 4.69) is 99.0 Å². The van der Waals surface area contributed by atoms with Gasteiger partial charge in [0.05, 0.1) is 13.2 Å². The van der Waals surface area contributed by atoms with Gasteiger partial charge in [-0.05, 0) is 96.3 Å². The SMILES string of the molecule is C.CCCCN(CCCC)c1ccc(/C=C/c2ccc(CO)cc2)cc1.CCCCN(CCCC)c1ccc(C=O)cc1.CCc1ccc(CO)cc1.[Br-].[Li+].[c-]1ccccc1. The summed E-state index contributed by atoms with van der Waals surface area (Å²) >= 11 is 0. The molecule has 5 nitrogen and oxygen atoms in total. The number of rotatable bonds is 20. The third-order valence-electron chi connectivity index (χ3n) is 9.63. The molecule has 0 radical (unpaired) electrons. The van der Waals surface area contributed by atoms with Crippen molar-refractivity contribution in [2.45, 2.75) is 113 Å². The van der Waals surface area contributed by atoms with Gasteiger partial charge >= 0.3 is 18.9 Å². The van der Waals surface area contributed by atoms with Crippen LogP contribution < -0.4 is 45.6 Å². The van der Waals surface area contributed by atoms with Gasteiger partial charge in [0.2, 0.25) is 0 Å². The zero-order chi connectivity index (χ0) is 42.1. The van der Waals surface area contributed by atoms with Crippen LogP contribution in [0.1, 0.15) is 132 Å². The molecule has 0 heterocycles. The molecule has 0 saturated heterocycles. The predicted octanol–water partition coefficient (Wildman–Crippen LogP) is 7.53. The minimum absolute atomic E-state index is 0. The standard InChI is InChI=1S/C23H31NO.C15H23NO.C9H12O.C6H5.CH4.BrH.Li/c1-3-5-17-24(18-6-4-2)23-15-13-21(14-16-23)8-7-20-9-11-22(19-25)12-10-20;1-3-5-11-16(12-6-4-2)15-9-7-14(13-17)8-10-15;1-2-8-3-5-9(7-10)6-4-8;1-2-4-6-5-3-1;;;/h7-16,25H,3-6,17-19H2,1-2H3;7-10,13H,3-6,11-12H2,1-2H3;3-6,10H,2,7H2,1H3;1-5H;1H4;1H;/q;;;-1;;;+1/p-1/b8-7+;;;;;;. The van der Waals surface area contributed by atoms with Gasteiger partial charge in [-0.1, -0.05) is 141 Å². The largest absolute Gasteiger partial charge is 1.00 e. The van der Waals surface area contributed by atoms with Crippen molar-refractivity contribution in [3.8, 4) is 0 Å². The molecule has 328 valence electrons. The Morgan fingerprint density at radius 3 is 1.10 bits per heavy atom. The van der Waals surface area contributed by atoms with Crippen LogP contribution in [0.3, 0.4) is 0 Å². The molecule has 0 aliphatic rings. The van der Waals surface area contributed by atoms with Gasteiger partial charge in [0.15, 0.2) is 0 Å². The second-order valence-electron chi connectivity index (χ2n) is 14.3. The normalized spacial score (nSPS) is 9.82. The molecular formula is C54H75BrLiN2O3-.